The molecule has 1 aromatic carbocycles. The molecule has 0 unspecified atom stereocenters. The summed E-state index contributed by atoms with van der Waals surface area (Å²) >= 11 is 4.48. The summed E-state index contributed by atoms with van der Waals surface area (Å²) < 4.78 is 33.2. The summed E-state index contributed by atoms with van der Waals surface area (Å²) in [6, 6.07) is 10.3. The summed E-state index contributed by atoms with van der Waals surface area (Å²) in [5.41, 5.74) is 0.576. The number of thiophene rings is 1. The highest BCUT2D eigenvalue weighted by Crippen LogP contribution is 2.29. The van der Waals surface area contributed by atoms with E-state index in [2.05, 4.69) is 15.9 Å². The van der Waals surface area contributed by atoms with E-state index in [9.17, 15) is 13.2 Å². The number of carbonyl (C=O) groups is 1. The molecule has 1 aliphatic rings. The minimum absolute atomic E-state index is 0.0936. The maximum absolute atomic E-state index is 12.6. The van der Waals surface area contributed by atoms with E-state index in [4.69, 9.17) is 4.74 Å². The highest BCUT2D eigenvalue weighted by molar-refractivity contribution is 9.11. The van der Waals surface area contributed by atoms with E-state index >= 15 is 0 Å². The molecule has 0 spiro atoms. The van der Waals surface area contributed by atoms with Crippen LogP contribution >= 0.6 is 27.3 Å². The lowest BCUT2D eigenvalue weighted by Gasteiger charge is -2.33. The van der Waals surface area contributed by atoms with E-state index < -0.39 is 10.0 Å². The van der Waals surface area contributed by atoms with Crippen LogP contribution in [-0.2, 0) is 10.0 Å². The second-order valence-corrected chi connectivity index (χ2v) is 10.3. The summed E-state index contributed by atoms with van der Waals surface area (Å²) in [7, 11) is -3.50. The van der Waals surface area contributed by atoms with Crippen molar-refractivity contribution >= 4 is 43.2 Å². The molecule has 0 N–H and O–H groups in total. The molecule has 3 rings (SSSR count). The molecule has 1 fully saturated rings. The topological polar surface area (TPSA) is 66.9 Å². The molecule has 2 heterocycles. The fourth-order valence-corrected chi connectivity index (χ4v) is 6.32. The van der Waals surface area contributed by atoms with Gasteiger partial charge in [-0.25, -0.2) is 8.42 Å². The number of hydrogen-bond acceptors (Lipinski definition) is 5. The van der Waals surface area contributed by atoms with Gasteiger partial charge in [0.05, 0.1) is 10.4 Å². The lowest BCUT2D eigenvalue weighted by atomic mass is 10.2. The van der Waals surface area contributed by atoms with Crippen molar-refractivity contribution in [2.75, 3.05) is 32.8 Å². The smallest absolute Gasteiger partial charge is 0.253 e. The van der Waals surface area contributed by atoms with Crippen LogP contribution in [-0.4, -0.2) is 56.3 Å². The number of hydrogen-bond donors (Lipinski definition) is 0. The Labute approximate surface area is 165 Å². The molecule has 140 valence electrons. The van der Waals surface area contributed by atoms with Crippen LogP contribution in [0.2, 0.25) is 0 Å². The van der Waals surface area contributed by atoms with E-state index in [1.165, 1.54) is 15.6 Å². The second-order valence-electron chi connectivity index (χ2n) is 5.71. The van der Waals surface area contributed by atoms with Crippen LogP contribution < -0.4 is 4.74 Å². The molecule has 2 aromatic rings. The zero-order valence-electron chi connectivity index (χ0n) is 14.2. The van der Waals surface area contributed by atoms with Gasteiger partial charge in [0.25, 0.3) is 15.9 Å². The minimum Gasteiger partial charge on any atom is -0.494 e. The molecule has 1 aliphatic heterocycles. The van der Waals surface area contributed by atoms with Crippen LogP contribution in [0.4, 0.5) is 0 Å². The van der Waals surface area contributed by atoms with Crippen molar-refractivity contribution in [3.05, 3.63) is 45.7 Å². The Morgan fingerprint density at radius 1 is 1.12 bits per heavy atom. The number of rotatable bonds is 5. The molecule has 6 nitrogen and oxygen atoms in total. The first-order chi connectivity index (χ1) is 12.4. The van der Waals surface area contributed by atoms with Crippen LogP contribution in [0.3, 0.4) is 0 Å². The first-order valence-electron chi connectivity index (χ1n) is 8.19. The van der Waals surface area contributed by atoms with E-state index in [0.717, 1.165) is 9.54 Å². The Bertz CT molecular complexity index is 872. The summed E-state index contributed by atoms with van der Waals surface area (Å²) in [5, 5.41) is 0. The van der Waals surface area contributed by atoms with Crippen molar-refractivity contribution in [3.63, 3.8) is 0 Å². The molecule has 0 aliphatic carbocycles. The predicted molar refractivity (Wildman–Crippen MR) is 104 cm³/mol. The van der Waals surface area contributed by atoms with E-state index in [-0.39, 0.29) is 5.91 Å². The molecular formula is C17H19BrN2O4S2. The Balaban J connectivity index is 1.63. The summed E-state index contributed by atoms with van der Waals surface area (Å²) in [4.78, 5) is 14.3. The predicted octanol–water partition coefficient (Wildman–Crippen LogP) is 3.06. The summed E-state index contributed by atoms with van der Waals surface area (Å²) in [6.07, 6.45) is 0. The standard InChI is InChI=1S/C17H19BrN2O4S2/c1-2-24-14-5-3-13(4-6-14)17(21)19-9-11-20(12-10-19)26(22,23)16-8-7-15(18)25-16/h3-8H,2,9-12H2,1H3. The van der Waals surface area contributed by atoms with Crippen molar-refractivity contribution in [1.29, 1.82) is 0 Å². The summed E-state index contributed by atoms with van der Waals surface area (Å²) in [6.45, 7) is 3.81. The quantitative estimate of drug-likeness (QED) is 0.690. The number of amides is 1. The zero-order chi connectivity index (χ0) is 18.7. The molecule has 0 saturated carbocycles. The fourth-order valence-electron chi connectivity index (χ4n) is 2.74. The number of ether oxygens (including phenoxy) is 1. The molecule has 1 amide bonds. The van der Waals surface area contributed by atoms with Crippen LogP contribution in [0, 0.1) is 0 Å². The van der Waals surface area contributed by atoms with Gasteiger partial charge in [0.15, 0.2) is 0 Å². The molecule has 0 radical (unpaired) electrons. The number of nitrogens with zero attached hydrogens (tertiary/aromatic N) is 2. The first-order valence-corrected chi connectivity index (χ1v) is 11.2. The third-order valence-electron chi connectivity index (χ3n) is 4.08. The van der Waals surface area contributed by atoms with Gasteiger partial charge in [0.2, 0.25) is 0 Å². The van der Waals surface area contributed by atoms with Gasteiger partial charge >= 0.3 is 0 Å². The fraction of sp³-hybridized carbons (Fsp3) is 0.353. The minimum atomic E-state index is -3.50. The molecule has 26 heavy (non-hydrogen) atoms. The average Bonchev–Trinajstić information content (AvgIpc) is 3.09. The lowest BCUT2D eigenvalue weighted by molar-refractivity contribution is 0.0698. The van der Waals surface area contributed by atoms with Gasteiger partial charge in [-0.05, 0) is 59.3 Å². The van der Waals surface area contributed by atoms with Crippen LogP contribution in [0.1, 0.15) is 17.3 Å². The number of benzene rings is 1. The number of carbonyl (C=O) groups excluding carboxylic acids is 1. The Hall–Kier alpha value is -1.42. The van der Waals surface area contributed by atoms with E-state index in [0.29, 0.717) is 42.6 Å². The van der Waals surface area contributed by atoms with Crippen molar-refractivity contribution < 1.29 is 17.9 Å². The Kier molecular flexibility index (Phi) is 6.01. The van der Waals surface area contributed by atoms with Gasteiger partial charge in [-0.15, -0.1) is 11.3 Å². The van der Waals surface area contributed by atoms with Crippen molar-refractivity contribution in [2.45, 2.75) is 11.1 Å². The molecule has 9 heteroatoms. The van der Waals surface area contributed by atoms with Gasteiger partial charge in [-0.1, -0.05) is 0 Å². The van der Waals surface area contributed by atoms with Gasteiger partial charge in [0, 0.05) is 31.7 Å². The van der Waals surface area contributed by atoms with E-state index in [1.54, 1.807) is 41.3 Å². The third kappa shape index (κ3) is 4.11. The molecule has 1 saturated heterocycles. The summed E-state index contributed by atoms with van der Waals surface area (Å²) in [5.74, 6) is 0.631. The number of piperazine rings is 1. The van der Waals surface area contributed by atoms with Gasteiger partial charge in [0.1, 0.15) is 9.96 Å². The van der Waals surface area contributed by atoms with Crippen molar-refractivity contribution in [1.82, 2.24) is 9.21 Å². The Morgan fingerprint density at radius 3 is 2.31 bits per heavy atom. The first kappa shape index (κ1) is 19.3. The van der Waals surface area contributed by atoms with Crippen LogP contribution in [0.15, 0.2) is 44.4 Å². The maximum atomic E-state index is 12.6. The van der Waals surface area contributed by atoms with Gasteiger partial charge in [-0.2, -0.15) is 4.31 Å². The van der Waals surface area contributed by atoms with Crippen LogP contribution in [0.5, 0.6) is 5.75 Å². The Morgan fingerprint density at radius 2 is 1.77 bits per heavy atom. The van der Waals surface area contributed by atoms with Crippen molar-refractivity contribution in [3.8, 4) is 5.75 Å². The van der Waals surface area contributed by atoms with Gasteiger partial charge in [-0.3, -0.25) is 4.79 Å². The monoisotopic (exact) mass is 458 g/mol. The number of halogens is 1. The third-order valence-corrected chi connectivity index (χ3v) is 8.07. The maximum Gasteiger partial charge on any atom is 0.253 e. The van der Waals surface area contributed by atoms with E-state index in [1.807, 2.05) is 6.92 Å². The normalized spacial score (nSPS) is 15.8. The zero-order valence-corrected chi connectivity index (χ0v) is 17.4. The second kappa shape index (κ2) is 8.08. The van der Waals surface area contributed by atoms with Crippen LogP contribution in [0.25, 0.3) is 0 Å². The SMILES string of the molecule is CCOc1ccc(C(=O)N2CCN(S(=O)(=O)c3ccc(Br)s3)CC2)cc1. The largest absolute Gasteiger partial charge is 0.494 e. The number of sulfonamides is 1. The molecule has 1 aromatic heterocycles. The molecule has 0 bridgehead atoms. The average molecular weight is 459 g/mol. The molecule has 0 atom stereocenters. The van der Waals surface area contributed by atoms with Gasteiger partial charge < -0.3 is 9.64 Å². The highest BCUT2D eigenvalue weighted by Gasteiger charge is 2.31. The molecular weight excluding hydrogens is 440 g/mol. The highest BCUT2D eigenvalue weighted by atomic mass is 79.9. The lowest BCUT2D eigenvalue weighted by Crippen LogP contribution is -2.50. The van der Waals surface area contributed by atoms with Crippen molar-refractivity contribution in [2.24, 2.45) is 0 Å².